The van der Waals surface area contributed by atoms with Crippen LogP contribution in [0.2, 0.25) is 0 Å². The van der Waals surface area contributed by atoms with Gasteiger partial charge in [-0.05, 0) is 51.2 Å². The maximum atomic E-state index is 12.7. The summed E-state index contributed by atoms with van der Waals surface area (Å²) in [5.41, 5.74) is 6.41. The Hall–Kier alpha value is -1.56. The van der Waals surface area contributed by atoms with Gasteiger partial charge in [0.15, 0.2) is 6.23 Å². The molecule has 31 heavy (non-hydrogen) atoms. The SMILES string of the molecule is CN(C)CCCSCC1=C(C(=O)O)N2C(=O)C(CC(=O)CCCC(N)OC=O)C2SC1. The lowest BCUT2D eigenvalue weighted by Crippen LogP contribution is -2.61. The van der Waals surface area contributed by atoms with Crippen LogP contribution in [0.3, 0.4) is 0 Å². The number of hydrogen-bond acceptors (Lipinski definition) is 9. The maximum Gasteiger partial charge on any atom is 0.352 e. The van der Waals surface area contributed by atoms with Gasteiger partial charge in [-0.2, -0.15) is 11.8 Å². The highest BCUT2D eigenvalue weighted by atomic mass is 32.2. The summed E-state index contributed by atoms with van der Waals surface area (Å²) >= 11 is 3.21. The summed E-state index contributed by atoms with van der Waals surface area (Å²) in [5, 5.41) is 9.41. The monoisotopic (exact) mass is 473 g/mol. The Morgan fingerprint density at radius 3 is 2.81 bits per heavy atom. The van der Waals surface area contributed by atoms with Crippen molar-refractivity contribution in [2.75, 3.05) is 37.9 Å². The van der Waals surface area contributed by atoms with Crippen molar-refractivity contribution in [1.29, 1.82) is 0 Å². The molecule has 3 N–H and O–H groups in total. The molecule has 1 fully saturated rings. The molecule has 1 amide bonds. The highest BCUT2D eigenvalue weighted by Crippen LogP contribution is 2.45. The molecule has 0 spiro atoms. The predicted octanol–water partition coefficient (Wildman–Crippen LogP) is 1.13. The molecular formula is C20H31N3O6S2. The number of fused-ring (bicyclic) bond motifs is 1. The standard InChI is InChI=1S/C20H31N3O6S2/c1-22(2)7-4-8-30-10-13-11-31-19-15(18(26)23(19)17(13)20(27)28)9-14(25)5-3-6-16(21)29-12-24/h12,15-16,19H,3-11,21H2,1-2H3,(H,27,28). The second-order valence-corrected chi connectivity index (χ2v) is 10.1. The van der Waals surface area contributed by atoms with Gasteiger partial charge in [-0.15, -0.1) is 11.8 Å². The number of nitrogens with zero attached hydrogens (tertiary/aromatic N) is 2. The summed E-state index contributed by atoms with van der Waals surface area (Å²) in [4.78, 5) is 50.5. The number of aliphatic carboxylic acids is 1. The van der Waals surface area contributed by atoms with Gasteiger partial charge in [-0.25, -0.2) is 4.79 Å². The van der Waals surface area contributed by atoms with Crippen LogP contribution in [0.1, 0.15) is 32.1 Å². The third-order valence-electron chi connectivity index (χ3n) is 5.15. The Balaban J connectivity index is 1.87. The first-order valence-electron chi connectivity index (χ1n) is 10.2. The summed E-state index contributed by atoms with van der Waals surface area (Å²) in [6, 6.07) is 0. The Morgan fingerprint density at radius 1 is 1.42 bits per heavy atom. The summed E-state index contributed by atoms with van der Waals surface area (Å²) in [5.74, 6) is 0.136. The van der Waals surface area contributed by atoms with Crippen LogP contribution in [0.25, 0.3) is 0 Å². The van der Waals surface area contributed by atoms with Crippen molar-refractivity contribution in [1.82, 2.24) is 9.80 Å². The number of rotatable bonds is 15. The number of carbonyl (C=O) groups excluding carboxylic acids is 3. The van der Waals surface area contributed by atoms with Gasteiger partial charge in [0.05, 0.1) is 11.3 Å². The van der Waals surface area contributed by atoms with Gasteiger partial charge >= 0.3 is 5.97 Å². The number of thioether (sulfide) groups is 2. The average molecular weight is 474 g/mol. The molecular weight excluding hydrogens is 442 g/mol. The van der Waals surface area contributed by atoms with E-state index in [2.05, 4.69) is 9.64 Å². The smallest absolute Gasteiger partial charge is 0.352 e. The number of carboxylic acids is 1. The number of ketones is 1. The van der Waals surface area contributed by atoms with Gasteiger partial charge in [0.1, 0.15) is 11.5 Å². The van der Waals surface area contributed by atoms with E-state index in [9.17, 15) is 24.3 Å². The second kappa shape index (κ2) is 12.5. The van der Waals surface area contributed by atoms with E-state index in [1.165, 1.54) is 16.7 Å². The second-order valence-electron chi connectivity index (χ2n) is 7.89. The molecule has 2 aliphatic rings. The summed E-state index contributed by atoms with van der Waals surface area (Å²) in [6.45, 7) is 1.25. The summed E-state index contributed by atoms with van der Waals surface area (Å²) in [6.07, 6.45) is 1.46. The molecule has 0 bridgehead atoms. The topological polar surface area (TPSA) is 130 Å². The van der Waals surface area contributed by atoms with E-state index in [1.54, 1.807) is 11.8 Å². The van der Waals surface area contributed by atoms with Crippen molar-refractivity contribution < 1.29 is 29.0 Å². The molecule has 0 saturated carbocycles. The van der Waals surface area contributed by atoms with Gasteiger partial charge < -0.3 is 14.7 Å². The Bertz CT molecular complexity index is 715. The Kier molecular flexibility index (Phi) is 10.3. The van der Waals surface area contributed by atoms with E-state index in [0.29, 0.717) is 24.3 Å². The van der Waals surface area contributed by atoms with Crippen LogP contribution in [-0.2, 0) is 23.9 Å². The maximum absolute atomic E-state index is 12.7. The Morgan fingerprint density at radius 2 is 2.16 bits per heavy atom. The van der Waals surface area contributed by atoms with Crippen LogP contribution in [0.15, 0.2) is 11.3 Å². The lowest BCUT2D eigenvalue weighted by Gasteiger charge is -2.49. The van der Waals surface area contributed by atoms with Crippen LogP contribution in [0.4, 0.5) is 0 Å². The largest absolute Gasteiger partial charge is 0.477 e. The molecule has 11 heteroatoms. The van der Waals surface area contributed by atoms with Gasteiger partial charge in [0.25, 0.3) is 6.47 Å². The molecule has 9 nitrogen and oxygen atoms in total. The zero-order chi connectivity index (χ0) is 23.0. The molecule has 174 valence electrons. The van der Waals surface area contributed by atoms with Gasteiger partial charge in [0.2, 0.25) is 5.91 Å². The van der Waals surface area contributed by atoms with Crippen LogP contribution in [0.5, 0.6) is 0 Å². The third kappa shape index (κ3) is 7.23. The number of Topliss-reactive ketones (excluding diaryl/α,β-unsaturated/α-hetero) is 1. The molecule has 3 atom stereocenters. The highest BCUT2D eigenvalue weighted by Gasteiger charge is 2.53. The zero-order valence-electron chi connectivity index (χ0n) is 18.0. The van der Waals surface area contributed by atoms with E-state index < -0.39 is 18.1 Å². The first-order chi connectivity index (χ1) is 14.8. The molecule has 3 unspecified atom stereocenters. The van der Waals surface area contributed by atoms with Crippen molar-refractivity contribution in [2.45, 2.75) is 43.7 Å². The Labute approximate surface area is 191 Å². The van der Waals surface area contributed by atoms with Gasteiger partial charge in [0, 0.05) is 24.3 Å². The van der Waals surface area contributed by atoms with Crippen molar-refractivity contribution in [3.05, 3.63) is 11.3 Å². The molecule has 0 aromatic carbocycles. The number of nitrogens with two attached hydrogens (primary N) is 1. The fourth-order valence-corrected chi connectivity index (χ4v) is 6.10. The number of carbonyl (C=O) groups is 4. The minimum absolute atomic E-state index is 0.0694. The van der Waals surface area contributed by atoms with E-state index in [0.717, 1.165) is 24.3 Å². The number of ether oxygens (including phenoxy) is 1. The van der Waals surface area contributed by atoms with Crippen molar-refractivity contribution in [2.24, 2.45) is 11.7 Å². The number of carboxylic acid groups (broad SMARTS) is 1. The first-order valence-corrected chi connectivity index (χ1v) is 12.5. The van der Waals surface area contributed by atoms with Crippen LogP contribution in [0, 0.1) is 5.92 Å². The predicted molar refractivity (Wildman–Crippen MR) is 120 cm³/mol. The molecule has 0 aliphatic carbocycles. The summed E-state index contributed by atoms with van der Waals surface area (Å²) in [7, 11) is 4.03. The van der Waals surface area contributed by atoms with Gasteiger partial charge in [-0.1, -0.05) is 0 Å². The zero-order valence-corrected chi connectivity index (χ0v) is 19.6. The molecule has 2 heterocycles. The number of β-lactam (4-membered cyclic amide) rings is 1. The molecule has 0 aromatic rings. The van der Waals surface area contributed by atoms with Crippen molar-refractivity contribution >= 4 is 47.7 Å². The number of amides is 1. The lowest BCUT2D eigenvalue weighted by atomic mass is 9.89. The van der Waals surface area contributed by atoms with Crippen LogP contribution >= 0.6 is 23.5 Å². The minimum atomic E-state index is -1.09. The van der Waals surface area contributed by atoms with Gasteiger partial charge in [-0.3, -0.25) is 25.0 Å². The quantitative estimate of drug-likeness (QED) is 0.154. The first kappa shape index (κ1) is 25.7. The van der Waals surface area contributed by atoms with E-state index in [1.807, 2.05) is 14.1 Å². The molecule has 2 rings (SSSR count). The fraction of sp³-hybridized carbons (Fsp3) is 0.700. The summed E-state index contributed by atoms with van der Waals surface area (Å²) < 4.78 is 4.58. The lowest BCUT2D eigenvalue weighted by molar-refractivity contribution is -0.154. The molecule has 0 radical (unpaired) electrons. The van der Waals surface area contributed by atoms with Crippen LogP contribution in [-0.4, -0.2) is 88.5 Å². The average Bonchev–Trinajstić information content (AvgIpc) is 2.71. The molecule has 1 saturated heterocycles. The normalized spacial score (nSPS) is 21.5. The highest BCUT2D eigenvalue weighted by molar-refractivity contribution is 8.01. The minimum Gasteiger partial charge on any atom is -0.477 e. The van der Waals surface area contributed by atoms with Crippen molar-refractivity contribution in [3.8, 4) is 0 Å². The van der Waals surface area contributed by atoms with Crippen LogP contribution < -0.4 is 5.73 Å². The molecule has 2 aliphatic heterocycles. The fourth-order valence-electron chi connectivity index (χ4n) is 3.59. The third-order valence-corrected chi connectivity index (χ3v) is 7.68. The molecule has 0 aromatic heterocycles. The number of hydrogen-bond donors (Lipinski definition) is 2. The van der Waals surface area contributed by atoms with E-state index in [-0.39, 0.29) is 42.1 Å². The van der Waals surface area contributed by atoms with E-state index >= 15 is 0 Å². The van der Waals surface area contributed by atoms with Crippen molar-refractivity contribution in [3.63, 3.8) is 0 Å². The van der Waals surface area contributed by atoms with E-state index in [4.69, 9.17) is 5.73 Å².